The van der Waals surface area contributed by atoms with Crippen molar-refractivity contribution in [1.82, 2.24) is 15.1 Å². The highest BCUT2D eigenvalue weighted by atomic mass is 16.5. The molecule has 0 saturated carbocycles. The minimum atomic E-state index is 0.220. The van der Waals surface area contributed by atoms with Gasteiger partial charge in [0, 0.05) is 17.5 Å². The van der Waals surface area contributed by atoms with Crippen molar-refractivity contribution in [3.05, 3.63) is 28.9 Å². The molecule has 0 spiro atoms. The molecular formula is C13H20N6O. The molecule has 20 heavy (non-hydrogen) atoms. The van der Waals surface area contributed by atoms with Gasteiger partial charge in [-0.3, -0.25) is 0 Å². The van der Waals surface area contributed by atoms with Crippen LogP contribution in [-0.2, 0) is 6.54 Å². The quantitative estimate of drug-likeness (QED) is 0.567. The smallest absolute Gasteiger partial charge is 0.148 e. The number of nitrogens with one attached hydrogen (secondary N) is 2. The second kappa shape index (κ2) is 5.87. The van der Waals surface area contributed by atoms with Crippen LogP contribution < -0.4 is 16.6 Å². The molecule has 0 saturated heterocycles. The predicted octanol–water partition coefficient (Wildman–Crippen LogP) is 2.10. The SMILES string of the molecule is Cc1cc(CNc2nc(C(C)C)nc(NN)c2C)no1. The second-order valence-electron chi connectivity index (χ2n) is 4.99. The Morgan fingerprint density at radius 2 is 1.95 bits per heavy atom. The third-order valence-electron chi connectivity index (χ3n) is 2.93. The molecule has 0 bridgehead atoms. The van der Waals surface area contributed by atoms with Gasteiger partial charge in [0.15, 0.2) is 0 Å². The summed E-state index contributed by atoms with van der Waals surface area (Å²) in [5.41, 5.74) is 4.31. The van der Waals surface area contributed by atoms with Crippen LogP contribution in [0.2, 0.25) is 0 Å². The number of aryl methyl sites for hydroxylation is 1. The summed E-state index contributed by atoms with van der Waals surface area (Å²) in [5, 5.41) is 7.18. The molecule has 0 aliphatic rings. The molecular weight excluding hydrogens is 256 g/mol. The first-order valence-corrected chi connectivity index (χ1v) is 6.52. The van der Waals surface area contributed by atoms with Gasteiger partial charge in [0.2, 0.25) is 0 Å². The van der Waals surface area contributed by atoms with E-state index in [1.165, 1.54) is 0 Å². The molecule has 0 aromatic carbocycles. The van der Waals surface area contributed by atoms with Gasteiger partial charge in [0.1, 0.15) is 28.9 Å². The Morgan fingerprint density at radius 1 is 1.25 bits per heavy atom. The van der Waals surface area contributed by atoms with Crippen LogP contribution >= 0.6 is 0 Å². The molecule has 0 atom stereocenters. The molecule has 0 radical (unpaired) electrons. The molecule has 2 aromatic heterocycles. The Balaban J connectivity index is 2.23. The van der Waals surface area contributed by atoms with Crippen molar-refractivity contribution in [1.29, 1.82) is 0 Å². The number of nitrogen functional groups attached to an aromatic ring is 1. The number of aromatic nitrogens is 3. The maximum absolute atomic E-state index is 5.50. The lowest BCUT2D eigenvalue weighted by Crippen LogP contribution is -2.15. The van der Waals surface area contributed by atoms with Crippen LogP contribution in [0.1, 0.15) is 42.6 Å². The van der Waals surface area contributed by atoms with E-state index in [0.29, 0.717) is 12.4 Å². The number of hydrogen-bond acceptors (Lipinski definition) is 7. The van der Waals surface area contributed by atoms with E-state index in [-0.39, 0.29) is 5.92 Å². The first-order valence-electron chi connectivity index (χ1n) is 6.52. The normalized spacial score (nSPS) is 10.9. The van der Waals surface area contributed by atoms with Gasteiger partial charge in [0.25, 0.3) is 0 Å². The average Bonchev–Trinajstić information content (AvgIpc) is 2.83. The zero-order valence-electron chi connectivity index (χ0n) is 12.2. The van der Waals surface area contributed by atoms with Gasteiger partial charge in [-0.05, 0) is 13.8 Å². The first-order chi connectivity index (χ1) is 9.51. The zero-order valence-corrected chi connectivity index (χ0v) is 12.2. The van der Waals surface area contributed by atoms with E-state index in [4.69, 9.17) is 10.4 Å². The average molecular weight is 276 g/mol. The summed E-state index contributed by atoms with van der Waals surface area (Å²) in [6, 6.07) is 1.88. The molecule has 108 valence electrons. The van der Waals surface area contributed by atoms with E-state index in [2.05, 4.69) is 25.9 Å². The summed E-state index contributed by atoms with van der Waals surface area (Å²) in [5.74, 6) is 8.62. The lowest BCUT2D eigenvalue weighted by atomic mass is 10.2. The number of nitrogens with zero attached hydrogens (tertiary/aromatic N) is 3. The molecule has 7 nitrogen and oxygen atoms in total. The van der Waals surface area contributed by atoms with Crippen LogP contribution in [0.5, 0.6) is 0 Å². The lowest BCUT2D eigenvalue weighted by molar-refractivity contribution is 0.391. The van der Waals surface area contributed by atoms with Crippen LogP contribution in [0.4, 0.5) is 11.6 Å². The second-order valence-corrected chi connectivity index (χ2v) is 4.99. The van der Waals surface area contributed by atoms with Crippen molar-refractivity contribution >= 4 is 11.6 Å². The van der Waals surface area contributed by atoms with Crippen molar-refractivity contribution in [3.8, 4) is 0 Å². The van der Waals surface area contributed by atoms with Gasteiger partial charge in [0.05, 0.1) is 6.54 Å². The zero-order chi connectivity index (χ0) is 14.7. The molecule has 2 heterocycles. The topological polar surface area (TPSA) is 102 Å². The minimum Gasteiger partial charge on any atom is -0.364 e. The van der Waals surface area contributed by atoms with E-state index >= 15 is 0 Å². The van der Waals surface area contributed by atoms with Crippen LogP contribution in [-0.4, -0.2) is 15.1 Å². The third kappa shape index (κ3) is 3.05. The Kier molecular flexibility index (Phi) is 4.19. The van der Waals surface area contributed by atoms with Crippen LogP contribution in [0, 0.1) is 13.8 Å². The van der Waals surface area contributed by atoms with E-state index in [1.54, 1.807) is 0 Å². The summed E-state index contributed by atoms with van der Waals surface area (Å²) >= 11 is 0. The highest BCUT2D eigenvalue weighted by Gasteiger charge is 2.12. The van der Waals surface area contributed by atoms with Crippen molar-refractivity contribution in [3.63, 3.8) is 0 Å². The Hall–Kier alpha value is -2.15. The first kappa shape index (κ1) is 14.3. The monoisotopic (exact) mass is 276 g/mol. The highest BCUT2D eigenvalue weighted by Crippen LogP contribution is 2.22. The van der Waals surface area contributed by atoms with Crippen molar-refractivity contribution in [2.75, 3.05) is 10.7 Å². The maximum Gasteiger partial charge on any atom is 0.148 e. The fourth-order valence-electron chi connectivity index (χ4n) is 1.78. The minimum absolute atomic E-state index is 0.220. The molecule has 2 aromatic rings. The highest BCUT2D eigenvalue weighted by molar-refractivity contribution is 5.56. The molecule has 0 fully saturated rings. The third-order valence-corrected chi connectivity index (χ3v) is 2.93. The van der Waals surface area contributed by atoms with Gasteiger partial charge >= 0.3 is 0 Å². The number of hydrazine groups is 1. The van der Waals surface area contributed by atoms with Crippen LogP contribution in [0.15, 0.2) is 10.6 Å². The summed E-state index contributed by atoms with van der Waals surface area (Å²) in [6.07, 6.45) is 0. The molecule has 0 amide bonds. The fourth-order valence-corrected chi connectivity index (χ4v) is 1.78. The largest absolute Gasteiger partial charge is 0.364 e. The lowest BCUT2D eigenvalue weighted by Gasteiger charge is -2.14. The summed E-state index contributed by atoms with van der Waals surface area (Å²) in [6.45, 7) is 8.39. The van der Waals surface area contributed by atoms with E-state index in [0.717, 1.165) is 28.7 Å². The fraction of sp³-hybridized carbons (Fsp3) is 0.462. The van der Waals surface area contributed by atoms with E-state index in [9.17, 15) is 0 Å². The maximum atomic E-state index is 5.50. The number of anilines is 2. The Morgan fingerprint density at radius 3 is 2.50 bits per heavy atom. The molecule has 2 rings (SSSR count). The van der Waals surface area contributed by atoms with Gasteiger partial charge in [-0.15, -0.1) is 0 Å². The van der Waals surface area contributed by atoms with Gasteiger partial charge in [-0.1, -0.05) is 19.0 Å². The predicted molar refractivity (Wildman–Crippen MR) is 77.2 cm³/mol. The molecule has 0 aliphatic heterocycles. The standard InChI is InChI=1S/C13H20N6O/c1-7(2)11-16-12(9(4)13(17-11)18-14)15-6-10-5-8(3)20-19-10/h5,7H,6,14H2,1-4H3,(H2,15,16,17,18). The molecule has 4 N–H and O–H groups in total. The van der Waals surface area contributed by atoms with Crippen molar-refractivity contribution in [2.24, 2.45) is 5.84 Å². The summed E-state index contributed by atoms with van der Waals surface area (Å²) < 4.78 is 5.03. The summed E-state index contributed by atoms with van der Waals surface area (Å²) in [4.78, 5) is 8.91. The molecule has 0 unspecified atom stereocenters. The van der Waals surface area contributed by atoms with E-state index < -0.39 is 0 Å². The number of hydrogen-bond donors (Lipinski definition) is 3. The van der Waals surface area contributed by atoms with Gasteiger partial charge < -0.3 is 15.3 Å². The van der Waals surface area contributed by atoms with Crippen LogP contribution in [0.25, 0.3) is 0 Å². The molecule has 7 heteroatoms. The summed E-state index contributed by atoms with van der Waals surface area (Å²) in [7, 11) is 0. The van der Waals surface area contributed by atoms with E-state index in [1.807, 2.05) is 33.8 Å². The van der Waals surface area contributed by atoms with Crippen LogP contribution in [0.3, 0.4) is 0 Å². The van der Waals surface area contributed by atoms with Crippen molar-refractivity contribution in [2.45, 2.75) is 40.2 Å². The molecule has 0 aliphatic carbocycles. The van der Waals surface area contributed by atoms with Gasteiger partial charge in [-0.2, -0.15) is 0 Å². The Bertz CT molecular complexity index is 593. The van der Waals surface area contributed by atoms with Crippen molar-refractivity contribution < 1.29 is 4.52 Å². The number of rotatable bonds is 5. The van der Waals surface area contributed by atoms with Gasteiger partial charge in [-0.25, -0.2) is 15.8 Å². The Labute approximate surface area is 117 Å². The number of nitrogens with two attached hydrogens (primary N) is 1.